The van der Waals surface area contributed by atoms with Gasteiger partial charge in [0.2, 0.25) is 5.91 Å². The molecule has 0 aliphatic heterocycles. The summed E-state index contributed by atoms with van der Waals surface area (Å²) in [5, 5.41) is 2.24. The van der Waals surface area contributed by atoms with E-state index in [1.165, 1.54) is 0 Å². The monoisotopic (exact) mass is 187 g/mol. The second kappa shape index (κ2) is 7.00. The molecule has 0 aromatic carbocycles. The number of carbonyl (C=O) groups is 1. The highest BCUT2D eigenvalue weighted by Crippen LogP contribution is 1.97. The van der Waals surface area contributed by atoms with E-state index in [4.69, 9.17) is 11.6 Å². The topological polar surface area (TPSA) is 20.3 Å². The molecule has 0 saturated heterocycles. The van der Waals surface area contributed by atoms with Crippen molar-refractivity contribution >= 4 is 17.5 Å². The molecule has 0 spiro atoms. The maximum absolute atomic E-state index is 11.2. The summed E-state index contributed by atoms with van der Waals surface area (Å²) in [5.74, 6) is 2.76. The third kappa shape index (κ3) is 5.03. The molecule has 0 unspecified atom stereocenters. The van der Waals surface area contributed by atoms with Gasteiger partial charge in [-0.2, -0.15) is 0 Å². The van der Waals surface area contributed by atoms with Crippen molar-refractivity contribution in [1.82, 2.24) is 4.90 Å². The summed E-state index contributed by atoms with van der Waals surface area (Å²) >= 11 is 5.16. The minimum absolute atomic E-state index is 0.135. The van der Waals surface area contributed by atoms with Gasteiger partial charge >= 0.3 is 0 Å². The van der Waals surface area contributed by atoms with E-state index in [2.05, 4.69) is 18.2 Å². The highest BCUT2D eigenvalue weighted by molar-refractivity contribution is 6.30. The van der Waals surface area contributed by atoms with E-state index >= 15 is 0 Å². The summed E-state index contributed by atoms with van der Waals surface area (Å²) in [6.07, 6.45) is 2.59. The van der Waals surface area contributed by atoms with Gasteiger partial charge in [-0.15, -0.1) is 0 Å². The smallest absolute Gasteiger partial charge is 0.223 e. The molecule has 1 amide bonds. The zero-order valence-electron chi connectivity index (χ0n) is 7.56. The van der Waals surface area contributed by atoms with Crippen LogP contribution in [-0.4, -0.2) is 24.4 Å². The fourth-order valence-corrected chi connectivity index (χ4v) is 0.815. The third-order valence-corrected chi connectivity index (χ3v) is 1.69. The van der Waals surface area contributed by atoms with E-state index < -0.39 is 0 Å². The van der Waals surface area contributed by atoms with Crippen LogP contribution in [0, 0.1) is 11.3 Å². The van der Waals surface area contributed by atoms with E-state index in [-0.39, 0.29) is 5.91 Å². The van der Waals surface area contributed by atoms with Crippen molar-refractivity contribution in [2.24, 2.45) is 0 Å². The first-order valence-corrected chi connectivity index (χ1v) is 4.42. The summed E-state index contributed by atoms with van der Waals surface area (Å²) in [6.45, 7) is 2.48. The van der Waals surface area contributed by atoms with Crippen molar-refractivity contribution < 1.29 is 4.79 Å². The van der Waals surface area contributed by atoms with Crippen LogP contribution in [0.2, 0.25) is 0 Å². The van der Waals surface area contributed by atoms with Crippen molar-refractivity contribution in [2.45, 2.75) is 26.2 Å². The highest BCUT2D eigenvalue weighted by Gasteiger charge is 2.04. The van der Waals surface area contributed by atoms with Crippen LogP contribution in [0.1, 0.15) is 26.2 Å². The van der Waals surface area contributed by atoms with Gasteiger partial charge in [-0.05, 0) is 18.0 Å². The number of hydrogen-bond acceptors (Lipinski definition) is 1. The second-order valence-corrected chi connectivity index (χ2v) is 2.81. The highest BCUT2D eigenvalue weighted by atomic mass is 35.5. The lowest BCUT2D eigenvalue weighted by Gasteiger charge is -2.12. The molecule has 0 bridgehead atoms. The molecule has 0 atom stereocenters. The molecule has 0 aliphatic rings. The molecule has 0 N–H and O–H groups in total. The summed E-state index contributed by atoms with van der Waals surface area (Å²) in [6, 6.07) is 0. The number of halogens is 1. The Morgan fingerprint density at radius 2 is 2.25 bits per heavy atom. The van der Waals surface area contributed by atoms with Gasteiger partial charge in [0.05, 0.1) is 6.54 Å². The lowest BCUT2D eigenvalue weighted by atomic mass is 10.2. The number of unbranched alkanes of at least 4 members (excludes halogenated alkanes) is 1. The zero-order valence-corrected chi connectivity index (χ0v) is 8.32. The van der Waals surface area contributed by atoms with Crippen LogP contribution in [0.15, 0.2) is 0 Å². The summed E-state index contributed by atoms with van der Waals surface area (Å²) in [7, 11) is 1.74. The largest absolute Gasteiger partial charge is 0.335 e. The Labute approximate surface area is 78.9 Å². The van der Waals surface area contributed by atoms with Crippen LogP contribution in [0.25, 0.3) is 0 Å². The number of carbonyl (C=O) groups excluding carboxylic acids is 1. The Morgan fingerprint density at radius 1 is 1.58 bits per heavy atom. The Hall–Kier alpha value is -0.680. The van der Waals surface area contributed by atoms with E-state index in [0.717, 1.165) is 12.8 Å². The van der Waals surface area contributed by atoms with Crippen molar-refractivity contribution in [3.05, 3.63) is 0 Å². The van der Waals surface area contributed by atoms with E-state index in [1.807, 2.05) is 0 Å². The average molecular weight is 188 g/mol. The van der Waals surface area contributed by atoms with Crippen molar-refractivity contribution in [3.8, 4) is 11.3 Å². The Balaban J connectivity index is 3.66. The molecule has 12 heavy (non-hydrogen) atoms. The van der Waals surface area contributed by atoms with E-state index in [0.29, 0.717) is 13.0 Å². The molecular formula is C9H14ClNO. The fourth-order valence-electron chi connectivity index (χ4n) is 0.756. The lowest BCUT2D eigenvalue weighted by molar-refractivity contribution is -0.129. The molecule has 0 fully saturated rings. The summed E-state index contributed by atoms with van der Waals surface area (Å²) < 4.78 is 0. The van der Waals surface area contributed by atoms with Gasteiger partial charge in [-0.25, -0.2) is 0 Å². The Bertz CT molecular complexity index is 192. The van der Waals surface area contributed by atoms with E-state index in [9.17, 15) is 4.79 Å². The van der Waals surface area contributed by atoms with Gasteiger partial charge in [0, 0.05) is 18.8 Å². The van der Waals surface area contributed by atoms with Crippen LogP contribution >= 0.6 is 11.6 Å². The molecule has 2 nitrogen and oxygen atoms in total. The van der Waals surface area contributed by atoms with Crippen LogP contribution in [0.5, 0.6) is 0 Å². The molecule has 68 valence electrons. The van der Waals surface area contributed by atoms with Crippen molar-refractivity contribution in [2.75, 3.05) is 13.6 Å². The Kier molecular flexibility index (Phi) is 6.60. The molecule has 0 aliphatic carbocycles. The molecule has 0 aromatic heterocycles. The average Bonchev–Trinajstić information content (AvgIpc) is 2.10. The first-order chi connectivity index (χ1) is 5.72. The number of hydrogen-bond donors (Lipinski definition) is 0. The number of nitrogens with zero attached hydrogens (tertiary/aromatic N) is 1. The maximum Gasteiger partial charge on any atom is 0.223 e. The molecule has 0 rings (SSSR count). The Morgan fingerprint density at radius 3 is 2.75 bits per heavy atom. The second-order valence-electron chi connectivity index (χ2n) is 2.62. The van der Waals surface area contributed by atoms with Gasteiger partial charge in [0.25, 0.3) is 0 Å². The maximum atomic E-state index is 11.2. The molecule has 0 aromatic rings. The standard InChI is InChI=1S/C9H14ClNO/c1-3-4-6-9(12)11(2)8-5-7-10/h3-4,6,8H2,1-2H3. The predicted molar refractivity (Wildman–Crippen MR) is 50.8 cm³/mol. The van der Waals surface area contributed by atoms with Gasteiger partial charge in [-0.1, -0.05) is 19.3 Å². The lowest BCUT2D eigenvalue weighted by Crippen LogP contribution is -2.26. The molecule has 3 heteroatoms. The fraction of sp³-hybridized carbons (Fsp3) is 0.667. The predicted octanol–water partition coefficient (Wildman–Crippen LogP) is 1.83. The minimum atomic E-state index is 0.135. The van der Waals surface area contributed by atoms with Gasteiger partial charge < -0.3 is 4.90 Å². The van der Waals surface area contributed by atoms with Gasteiger partial charge in [0.15, 0.2) is 0 Å². The normalized spacial score (nSPS) is 8.58. The van der Waals surface area contributed by atoms with Crippen molar-refractivity contribution in [1.29, 1.82) is 0 Å². The van der Waals surface area contributed by atoms with Crippen LogP contribution < -0.4 is 0 Å². The number of rotatable bonds is 4. The first kappa shape index (κ1) is 11.3. The quantitative estimate of drug-likeness (QED) is 0.615. The molecular weight excluding hydrogens is 174 g/mol. The summed E-state index contributed by atoms with van der Waals surface area (Å²) in [5.41, 5.74) is 0. The first-order valence-electron chi connectivity index (χ1n) is 4.04. The molecule has 0 saturated carbocycles. The minimum Gasteiger partial charge on any atom is -0.335 e. The summed E-state index contributed by atoms with van der Waals surface area (Å²) in [4.78, 5) is 12.8. The van der Waals surface area contributed by atoms with Gasteiger partial charge in [-0.3, -0.25) is 4.79 Å². The van der Waals surface area contributed by atoms with Crippen LogP contribution in [-0.2, 0) is 4.79 Å². The van der Waals surface area contributed by atoms with Crippen molar-refractivity contribution in [3.63, 3.8) is 0 Å². The van der Waals surface area contributed by atoms with Gasteiger partial charge in [0.1, 0.15) is 0 Å². The molecule has 0 heterocycles. The van der Waals surface area contributed by atoms with E-state index in [1.54, 1.807) is 11.9 Å². The van der Waals surface area contributed by atoms with Crippen LogP contribution in [0.4, 0.5) is 0 Å². The zero-order chi connectivity index (χ0) is 9.40. The number of amides is 1. The van der Waals surface area contributed by atoms with Crippen LogP contribution in [0.3, 0.4) is 0 Å². The molecule has 0 radical (unpaired) electrons. The third-order valence-electron chi connectivity index (χ3n) is 1.55. The SMILES string of the molecule is CCCCC(=O)N(C)CC#CCl.